The Labute approximate surface area is 175 Å². The highest BCUT2D eigenvalue weighted by Gasteiger charge is 2.24. The second-order valence-corrected chi connectivity index (χ2v) is 7.29. The van der Waals surface area contributed by atoms with Crippen molar-refractivity contribution in [2.45, 2.75) is 19.3 Å². The highest BCUT2D eigenvalue weighted by atomic mass is 79.9. The summed E-state index contributed by atoms with van der Waals surface area (Å²) in [4.78, 5) is 47.5. The molecule has 1 aliphatic heterocycles. The molecule has 0 bridgehead atoms. The number of halogens is 1. The molecule has 1 saturated heterocycles. The van der Waals surface area contributed by atoms with E-state index >= 15 is 0 Å². The Balaban J connectivity index is 1.48. The first kappa shape index (κ1) is 20.5. The standard InChI is InChI=1S/C20H19BrN4O4/c21-14-3-5-15(6-4-14)23-17(26)11-12-22-20(29)13-1-7-16(8-2-13)25-19(28)10-9-18(27)24-25/h1-8H,9-12H2,(H,22,29)(H,23,26)(H,24,27). The minimum absolute atomic E-state index is 0.133. The zero-order valence-electron chi connectivity index (χ0n) is 15.4. The first-order valence-electron chi connectivity index (χ1n) is 8.98. The largest absolute Gasteiger partial charge is 0.352 e. The summed E-state index contributed by atoms with van der Waals surface area (Å²) in [5.74, 6) is -0.976. The summed E-state index contributed by atoms with van der Waals surface area (Å²) in [6.45, 7) is 0.184. The van der Waals surface area contributed by atoms with E-state index in [9.17, 15) is 19.2 Å². The van der Waals surface area contributed by atoms with Gasteiger partial charge in [0, 0.05) is 41.5 Å². The van der Waals surface area contributed by atoms with Crippen molar-refractivity contribution >= 4 is 50.9 Å². The number of hydrazine groups is 1. The summed E-state index contributed by atoms with van der Waals surface area (Å²) in [6.07, 6.45) is 0.454. The average molecular weight is 459 g/mol. The van der Waals surface area contributed by atoms with Crippen LogP contribution >= 0.6 is 15.9 Å². The number of hydrogen-bond donors (Lipinski definition) is 3. The summed E-state index contributed by atoms with van der Waals surface area (Å²) in [7, 11) is 0. The maximum atomic E-state index is 12.2. The quantitative estimate of drug-likeness (QED) is 0.617. The van der Waals surface area contributed by atoms with Gasteiger partial charge in [-0.1, -0.05) is 15.9 Å². The predicted molar refractivity (Wildman–Crippen MR) is 111 cm³/mol. The Kier molecular flexibility index (Phi) is 6.61. The number of amides is 4. The Morgan fingerprint density at radius 3 is 2.38 bits per heavy atom. The molecule has 2 aromatic rings. The summed E-state index contributed by atoms with van der Waals surface area (Å²) in [5, 5.41) is 6.61. The minimum Gasteiger partial charge on any atom is -0.352 e. The van der Waals surface area contributed by atoms with E-state index in [-0.39, 0.29) is 49.4 Å². The predicted octanol–water partition coefficient (Wildman–Crippen LogP) is 2.37. The van der Waals surface area contributed by atoms with E-state index in [4.69, 9.17) is 0 Å². The summed E-state index contributed by atoms with van der Waals surface area (Å²) >= 11 is 3.33. The number of carbonyl (C=O) groups is 4. The molecule has 9 heteroatoms. The van der Waals surface area contributed by atoms with Crippen LogP contribution in [0.1, 0.15) is 29.6 Å². The van der Waals surface area contributed by atoms with Crippen molar-refractivity contribution in [2.75, 3.05) is 16.9 Å². The molecule has 0 radical (unpaired) electrons. The van der Waals surface area contributed by atoms with Gasteiger partial charge in [-0.3, -0.25) is 24.6 Å². The normalized spacial score (nSPS) is 13.6. The van der Waals surface area contributed by atoms with E-state index in [1.54, 1.807) is 36.4 Å². The van der Waals surface area contributed by atoms with Crippen LogP contribution in [0.3, 0.4) is 0 Å². The van der Waals surface area contributed by atoms with E-state index in [1.165, 1.54) is 5.01 Å². The first-order valence-corrected chi connectivity index (χ1v) is 9.78. The molecule has 1 heterocycles. The lowest BCUT2D eigenvalue weighted by molar-refractivity contribution is -0.130. The Morgan fingerprint density at radius 1 is 1.00 bits per heavy atom. The maximum absolute atomic E-state index is 12.2. The van der Waals surface area contributed by atoms with E-state index in [0.717, 1.165) is 4.47 Å². The number of nitrogens with zero attached hydrogens (tertiary/aromatic N) is 1. The lowest BCUT2D eigenvalue weighted by Gasteiger charge is -2.27. The van der Waals surface area contributed by atoms with Gasteiger partial charge in [-0.05, 0) is 48.5 Å². The van der Waals surface area contributed by atoms with Crippen molar-refractivity contribution in [3.63, 3.8) is 0 Å². The maximum Gasteiger partial charge on any atom is 0.251 e. The fourth-order valence-corrected chi connectivity index (χ4v) is 2.96. The van der Waals surface area contributed by atoms with Gasteiger partial charge >= 0.3 is 0 Å². The van der Waals surface area contributed by atoms with Crippen LogP contribution in [0.25, 0.3) is 0 Å². The van der Waals surface area contributed by atoms with Crippen LogP contribution in [0.4, 0.5) is 11.4 Å². The van der Waals surface area contributed by atoms with Gasteiger partial charge in [0.2, 0.25) is 17.7 Å². The fraction of sp³-hybridized carbons (Fsp3) is 0.200. The average Bonchev–Trinajstić information content (AvgIpc) is 2.71. The number of rotatable bonds is 6. The zero-order chi connectivity index (χ0) is 20.8. The van der Waals surface area contributed by atoms with Crippen LogP contribution in [-0.4, -0.2) is 30.2 Å². The van der Waals surface area contributed by atoms with Gasteiger partial charge in [0.05, 0.1) is 5.69 Å². The lowest BCUT2D eigenvalue weighted by atomic mass is 10.1. The van der Waals surface area contributed by atoms with Crippen LogP contribution < -0.4 is 21.1 Å². The molecule has 2 aromatic carbocycles. The minimum atomic E-state index is -0.331. The second-order valence-electron chi connectivity index (χ2n) is 6.37. The van der Waals surface area contributed by atoms with Gasteiger partial charge in [-0.2, -0.15) is 0 Å². The summed E-state index contributed by atoms with van der Waals surface area (Å²) in [6, 6.07) is 13.5. The molecule has 29 heavy (non-hydrogen) atoms. The topological polar surface area (TPSA) is 108 Å². The molecule has 1 fully saturated rings. The summed E-state index contributed by atoms with van der Waals surface area (Å²) in [5.41, 5.74) is 4.05. The molecular formula is C20H19BrN4O4. The Bertz CT molecular complexity index is 929. The van der Waals surface area contributed by atoms with Crippen molar-refractivity contribution in [1.29, 1.82) is 0 Å². The van der Waals surface area contributed by atoms with Crippen molar-refractivity contribution in [2.24, 2.45) is 0 Å². The van der Waals surface area contributed by atoms with Crippen molar-refractivity contribution in [1.82, 2.24) is 10.7 Å². The Morgan fingerprint density at radius 2 is 1.69 bits per heavy atom. The van der Waals surface area contributed by atoms with Gasteiger partial charge in [0.1, 0.15) is 0 Å². The SMILES string of the molecule is O=C(CCNC(=O)c1ccc(N2NC(=O)CCC2=O)cc1)Nc1ccc(Br)cc1. The molecule has 4 amide bonds. The molecule has 150 valence electrons. The van der Waals surface area contributed by atoms with Crippen LogP contribution in [0.15, 0.2) is 53.0 Å². The van der Waals surface area contributed by atoms with E-state index in [1.807, 2.05) is 12.1 Å². The van der Waals surface area contributed by atoms with Gasteiger partial charge in [-0.25, -0.2) is 5.01 Å². The van der Waals surface area contributed by atoms with E-state index in [0.29, 0.717) is 16.9 Å². The van der Waals surface area contributed by atoms with Crippen molar-refractivity contribution < 1.29 is 19.2 Å². The third-order valence-electron chi connectivity index (χ3n) is 4.21. The fourth-order valence-electron chi connectivity index (χ4n) is 2.69. The molecule has 3 rings (SSSR count). The highest BCUT2D eigenvalue weighted by Crippen LogP contribution is 2.18. The molecule has 0 spiro atoms. The van der Waals surface area contributed by atoms with Crippen LogP contribution in [0.5, 0.6) is 0 Å². The number of hydrogen-bond acceptors (Lipinski definition) is 4. The molecule has 8 nitrogen and oxygen atoms in total. The molecule has 1 aliphatic rings. The van der Waals surface area contributed by atoms with Gasteiger partial charge in [0.25, 0.3) is 5.91 Å². The highest BCUT2D eigenvalue weighted by molar-refractivity contribution is 9.10. The number of anilines is 2. The first-order chi connectivity index (χ1) is 13.9. The van der Waals surface area contributed by atoms with Crippen LogP contribution in [0, 0.1) is 0 Å². The second kappa shape index (κ2) is 9.33. The summed E-state index contributed by atoms with van der Waals surface area (Å²) < 4.78 is 0.917. The molecule has 0 saturated carbocycles. The molecule has 0 aliphatic carbocycles. The zero-order valence-corrected chi connectivity index (χ0v) is 17.0. The number of benzene rings is 2. The van der Waals surface area contributed by atoms with Gasteiger partial charge < -0.3 is 10.6 Å². The number of nitrogens with one attached hydrogen (secondary N) is 3. The van der Waals surface area contributed by atoms with Crippen molar-refractivity contribution in [3.8, 4) is 0 Å². The molecule has 3 N–H and O–H groups in total. The smallest absolute Gasteiger partial charge is 0.251 e. The van der Waals surface area contributed by atoms with E-state index in [2.05, 4.69) is 32.0 Å². The monoisotopic (exact) mass is 458 g/mol. The van der Waals surface area contributed by atoms with Gasteiger partial charge in [-0.15, -0.1) is 0 Å². The lowest BCUT2D eigenvalue weighted by Crippen LogP contribution is -2.50. The third kappa shape index (κ3) is 5.64. The van der Waals surface area contributed by atoms with Crippen LogP contribution in [0.2, 0.25) is 0 Å². The molecular weight excluding hydrogens is 440 g/mol. The Hall–Kier alpha value is -3.20. The number of carbonyl (C=O) groups excluding carboxylic acids is 4. The molecule has 0 aromatic heterocycles. The van der Waals surface area contributed by atoms with Crippen molar-refractivity contribution in [3.05, 3.63) is 58.6 Å². The molecule has 0 atom stereocenters. The molecule has 0 unspecified atom stereocenters. The van der Waals surface area contributed by atoms with Crippen LogP contribution in [-0.2, 0) is 14.4 Å². The van der Waals surface area contributed by atoms with E-state index < -0.39 is 0 Å². The van der Waals surface area contributed by atoms with Gasteiger partial charge in [0.15, 0.2) is 0 Å². The third-order valence-corrected chi connectivity index (χ3v) is 4.73.